The van der Waals surface area contributed by atoms with Gasteiger partial charge in [-0.1, -0.05) is 0 Å². The highest BCUT2D eigenvalue weighted by atomic mass is 32.1. The fraction of sp³-hybridized carbons (Fsp3) is 0.619. The third-order valence-corrected chi connectivity index (χ3v) is 9.32. The summed E-state index contributed by atoms with van der Waals surface area (Å²) >= 11 is 3.44. The maximum absolute atomic E-state index is 12.0. The third kappa shape index (κ3) is 2.82. The fourth-order valence-corrected chi connectivity index (χ4v) is 7.61. The molecule has 2 bridgehead atoms. The Bertz CT molecular complexity index is 703. The minimum Gasteiger partial charge on any atom is -0.379 e. The van der Waals surface area contributed by atoms with Crippen molar-refractivity contribution in [3.8, 4) is 0 Å². The maximum Gasteiger partial charge on any atom is 0.134 e. The molecule has 0 aromatic carbocycles. The van der Waals surface area contributed by atoms with E-state index in [0.717, 1.165) is 28.3 Å². The molecule has 4 heteroatoms. The second kappa shape index (κ2) is 6.19. The van der Waals surface area contributed by atoms with Gasteiger partial charge in [0.05, 0.1) is 26.2 Å². The van der Waals surface area contributed by atoms with Gasteiger partial charge in [0.25, 0.3) is 0 Å². The van der Waals surface area contributed by atoms with E-state index < -0.39 is 5.60 Å². The molecule has 2 aromatic rings. The van der Waals surface area contributed by atoms with Gasteiger partial charge in [-0.3, -0.25) is 0 Å². The van der Waals surface area contributed by atoms with Gasteiger partial charge in [-0.15, -0.1) is 22.7 Å². The summed E-state index contributed by atoms with van der Waals surface area (Å²) in [6.45, 7) is 4.29. The zero-order valence-electron chi connectivity index (χ0n) is 15.8. The fourth-order valence-electron chi connectivity index (χ4n) is 5.46. The van der Waals surface area contributed by atoms with E-state index in [0.29, 0.717) is 5.92 Å². The van der Waals surface area contributed by atoms with Crippen LogP contribution in [-0.2, 0) is 5.60 Å². The molecule has 0 unspecified atom stereocenters. The summed E-state index contributed by atoms with van der Waals surface area (Å²) in [4.78, 5) is 2.31. The molecule has 2 saturated heterocycles. The SMILES string of the molecule is Cc1ccsc1C(O)(CC1C[C@@H]2CC[C@@H](C1)[N+]2(C)C)c1sccc1C. The lowest BCUT2D eigenvalue weighted by Crippen LogP contribution is -2.55. The van der Waals surface area contributed by atoms with Crippen LogP contribution in [0.5, 0.6) is 0 Å². The van der Waals surface area contributed by atoms with Crippen LogP contribution in [0.15, 0.2) is 22.9 Å². The second-order valence-corrected chi connectivity index (χ2v) is 10.6. The van der Waals surface area contributed by atoms with E-state index in [2.05, 4.69) is 50.8 Å². The largest absolute Gasteiger partial charge is 0.379 e. The van der Waals surface area contributed by atoms with Crippen LogP contribution < -0.4 is 0 Å². The number of rotatable bonds is 4. The summed E-state index contributed by atoms with van der Waals surface area (Å²) in [7, 11) is 4.83. The van der Waals surface area contributed by atoms with Gasteiger partial charge < -0.3 is 9.59 Å². The van der Waals surface area contributed by atoms with E-state index in [1.54, 1.807) is 22.7 Å². The van der Waals surface area contributed by atoms with Crippen LogP contribution in [0.3, 0.4) is 0 Å². The zero-order valence-corrected chi connectivity index (χ0v) is 17.4. The highest BCUT2D eigenvalue weighted by Gasteiger charge is 2.51. The number of thiophene rings is 2. The predicted octanol–water partition coefficient (Wildman–Crippen LogP) is 5.07. The van der Waals surface area contributed by atoms with Crippen LogP contribution in [0.4, 0.5) is 0 Å². The van der Waals surface area contributed by atoms with Crippen LogP contribution in [0, 0.1) is 19.8 Å². The molecule has 1 N–H and O–H groups in total. The van der Waals surface area contributed by atoms with Gasteiger partial charge in [0.1, 0.15) is 5.60 Å². The van der Waals surface area contributed by atoms with Gasteiger partial charge >= 0.3 is 0 Å². The Morgan fingerprint density at radius 2 is 1.48 bits per heavy atom. The van der Waals surface area contributed by atoms with Crippen LogP contribution in [0.2, 0.25) is 0 Å². The number of hydrogen-bond acceptors (Lipinski definition) is 3. The summed E-state index contributed by atoms with van der Waals surface area (Å²) in [5.74, 6) is 0.622. The number of fused-ring (bicyclic) bond motifs is 2. The number of aryl methyl sites for hydroxylation is 2. The van der Waals surface area contributed by atoms with Crippen molar-refractivity contribution in [2.24, 2.45) is 5.92 Å². The van der Waals surface area contributed by atoms with E-state index in [-0.39, 0.29) is 0 Å². The Balaban J connectivity index is 1.67. The molecule has 0 saturated carbocycles. The topological polar surface area (TPSA) is 20.2 Å². The minimum absolute atomic E-state index is 0.622. The first kappa shape index (κ1) is 17.7. The number of piperidine rings is 1. The monoisotopic (exact) mass is 376 g/mol. The summed E-state index contributed by atoms with van der Waals surface area (Å²) in [5, 5.41) is 16.2. The predicted molar refractivity (Wildman–Crippen MR) is 107 cm³/mol. The molecule has 2 aromatic heterocycles. The normalized spacial score (nSPS) is 28.4. The molecule has 25 heavy (non-hydrogen) atoms. The Morgan fingerprint density at radius 1 is 1.00 bits per heavy atom. The second-order valence-electron chi connectivity index (χ2n) is 8.78. The lowest BCUT2D eigenvalue weighted by atomic mass is 9.78. The van der Waals surface area contributed by atoms with E-state index in [1.165, 1.54) is 41.3 Å². The first-order valence-corrected chi connectivity index (χ1v) is 11.2. The quantitative estimate of drug-likeness (QED) is 0.739. The van der Waals surface area contributed by atoms with E-state index in [4.69, 9.17) is 0 Å². The van der Waals surface area contributed by atoms with Crippen molar-refractivity contribution in [1.82, 2.24) is 0 Å². The molecule has 2 nitrogen and oxygen atoms in total. The van der Waals surface area contributed by atoms with Crippen molar-refractivity contribution in [3.05, 3.63) is 43.8 Å². The molecule has 0 radical (unpaired) electrons. The smallest absolute Gasteiger partial charge is 0.134 e. The first-order valence-electron chi connectivity index (χ1n) is 9.47. The van der Waals surface area contributed by atoms with E-state index >= 15 is 0 Å². The van der Waals surface area contributed by atoms with Gasteiger partial charge in [-0.25, -0.2) is 0 Å². The average molecular weight is 377 g/mol. The number of nitrogens with zero attached hydrogens (tertiary/aromatic N) is 1. The van der Waals surface area contributed by atoms with Crippen LogP contribution in [-0.4, -0.2) is 35.8 Å². The van der Waals surface area contributed by atoms with Crippen molar-refractivity contribution in [2.45, 2.75) is 63.6 Å². The molecule has 2 aliphatic heterocycles. The molecule has 4 heterocycles. The molecule has 0 amide bonds. The Labute approximate surface area is 159 Å². The van der Waals surface area contributed by atoms with Crippen molar-refractivity contribution >= 4 is 22.7 Å². The lowest BCUT2D eigenvalue weighted by Gasteiger charge is -2.45. The number of aliphatic hydroxyl groups is 1. The molecule has 2 aliphatic rings. The van der Waals surface area contributed by atoms with Crippen molar-refractivity contribution < 1.29 is 9.59 Å². The Hall–Kier alpha value is -0.680. The van der Waals surface area contributed by atoms with E-state index in [1.807, 2.05) is 0 Å². The zero-order chi connectivity index (χ0) is 17.8. The molecule has 2 atom stereocenters. The van der Waals surface area contributed by atoms with Crippen molar-refractivity contribution in [1.29, 1.82) is 0 Å². The summed E-state index contributed by atoms with van der Waals surface area (Å²) in [5.41, 5.74) is 1.65. The summed E-state index contributed by atoms with van der Waals surface area (Å²) in [6, 6.07) is 5.86. The van der Waals surface area contributed by atoms with Crippen LogP contribution >= 0.6 is 22.7 Å². The standard InChI is InChI=1S/C21H30NOS2/c1-14-7-9-24-19(14)21(23,20-15(2)8-10-25-20)13-16-11-17-5-6-18(12-16)22(17,3)4/h7-10,16-18,23H,5-6,11-13H2,1-4H3/q+1/t17-,18-/m0/s1. The molecule has 0 aliphatic carbocycles. The minimum atomic E-state index is -0.810. The summed E-state index contributed by atoms with van der Waals surface area (Å²) < 4.78 is 1.20. The van der Waals surface area contributed by atoms with Crippen LogP contribution in [0.1, 0.15) is 53.0 Å². The highest BCUT2D eigenvalue weighted by Crippen LogP contribution is 2.49. The molecular formula is C21H30NOS2+. The number of quaternary nitrogens is 1. The molecule has 4 rings (SSSR count). The Kier molecular flexibility index (Phi) is 4.39. The molecule has 2 fully saturated rings. The maximum atomic E-state index is 12.0. The molecular weight excluding hydrogens is 346 g/mol. The van der Waals surface area contributed by atoms with Crippen LogP contribution in [0.25, 0.3) is 0 Å². The first-order chi connectivity index (χ1) is 11.8. The van der Waals surface area contributed by atoms with E-state index in [9.17, 15) is 5.11 Å². The highest BCUT2D eigenvalue weighted by molar-refractivity contribution is 7.12. The third-order valence-electron chi connectivity index (χ3n) is 6.99. The van der Waals surface area contributed by atoms with Gasteiger partial charge in [-0.2, -0.15) is 0 Å². The van der Waals surface area contributed by atoms with Gasteiger partial charge in [0.2, 0.25) is 0 Å². The molecule has 0 spiro atoms. The average Bonchev–Trinajstić information content (AvgIpc) is 3.18. The van der Waals surface area contributed by atoms with Gasteiger partial charge in [0.15, 0.2) is 0 Å². The molecule has 136 valence electrons. The lowest BCUT2D eigenvalue weighted by molar-refractivity contribution is -0.931. The van der Waals surface area contributed by atoms with Crippen molar-refractivity contribution in [3.63, 3.8) is 0 Å². The van der Waals surface area contributed by atoms with Gasteiger partial charge in [0, 0.05) is 35.4 Å². The van der Waals surface area contributed by atoms with Gasteiger partial charge in [-0.05, 0) is 60.2 Å². The summed E-state index contributed by atoms with van der Waals surface area (Å²) in [6.07, 6.45) is 6.13. The van der Waals surface area contributed by atoms with Crippen molar-refractivity contribution in [2.75, 3.05) is 14.1 Å². The Morgan fingerprint density at radius 3 is 1.88 bits per heavy atom. The number of hydrogen-bond donors (Lipinski definition) is 1.